The zero-order valence-electron chi connectivity index (χ0n) is 18.7. The molecule has 0 aromatic rings. The van der Waals surface area contributed by atoms with Gasteiger partial charge in [0, 0.05) is 18.7 Å². The molecule has 0 bridgehead atoms. The van der Waals surface area contributed by atoms with Crippen LogP contribution in [0.1, 0.15) is 19.8 Å². The van der Waals surface area contributed by atoms with Crippen LogP contribution in [-0.4, -0.2) is 115 Å². The van der Waals surface area contributed by atoms with Crippen molar-refractivity contribution in [3.63, 3.8) is 0 Å². The lowest BCUT2D eigenvalue weighted by Gasteiger charge is -2.15. The first-order valence-corrected chi connectivity index (χ1v) is 12.9. The van der Waals surface area contributed by atoms with E-state index in [-0.39, 0.29) is 73.3 Å². The van der Waals surface area contributed by atoms with Crippen molar-refractivity contribution in [1.29, 1.82) is 0 Å². The van der Waals surface area contributed by atoms with E-state index in [2.05, 4.69) is 5.32 Å². The molecule has 10 nitrogen and oxygen atoms in total. The Balaban J connectivity index is 1.44. The van der Waals surface area contributed by atoms with Gasteiger partial charge in [0.25, 0.3) is 0 Å². The van der Waals surface area contributed by atoms with Crippen LogP contribution >= 0.6 is 23.5 Å². The van der Waals surface area contributed by atoms with Crippen molar-refractivity contribution in [2.24, 2.45) is 0 Å². The van der Waals surface area contributed by atoms with E-state index >= 15 is 0 Å². The van der Waals surface area contributed by atoms with E-state index in [4.69, 9.17) is 14.2 Å². The number of hydrogen-bond donors (Lipinski definition) is 1. The Morgan fingerprint density at radius 2 is 1.22 bits per heavy atom. The highest BCUT2D eigenvalue weighted by Crippen LogP contribution is 2.25. The number of thioether (sulfide) groups is 2. The molecule has 2 saturated heterocycles. The Morgan fingerprint density at radius 1 is 0.781 bits per heavy atom. The predicted octanol–water partition coefficient (Wildman–Crippen LogP) is -0.0456. The first kappa shape index (κ1) is 27.1. The number of rotatable bonds is 17. The largest absolute Gasteiger partial charge is 0.377 e. The molecule has 2 aliphatic rings. The average Bonchev–Trinajstić information content (AvgIpc) is 3.19. The summed E-state index contributed by atoms with van der Waals surface area (Å²) in [6.45, 7) is 4.48. The molecule has 32 heavy (non-hydrogen) atoms. The van der Waals surface area contributed by atoms with Crippen molar-refractivity contribution in [2.75, 3.05) is 71.4 Å². The average molecular weight is 492 g/mol. The highest BCUT2D eigenvalue weighted by atomic mass is 32.2. The van der Waals surface area contributed by atoms with Gasteiger partial charge in [0.2, 0.25) is 23.6 Å². The van der Waals surface area contributed by atoms with E-state index in [9.17, 15) is 19.2 Å². The minimum Gasteiger partial charge on any atom is -0.377 e. The first-order valence-electron chi connectivity index (χ1n) is 10.8. The molecule has 2 heterocycles. The van der Waals surface area contributed by atoms with Crippen molar-refractivity contribution in [1.82, 2.24) is 15.1 Å². The van der Waals surface area contributed by atoms with Gasteiger partial charge in [0.05, 0.1) is 63.2 Å². The quantitative estimate of drug-likeness (QED) is 0.169. The third kappa shape index (κ3) is 8.31. The van der Waals surface area contributed by atoms with Gasteiger partial charge in [-0.15, -0.1) is 23.5 Å². The Kier molecular flexibility index (Phi) is 12.6. The standard InChI is InChI=1S/C20H33N3O7S2/c1-3-31-15-12-17(24)22(19(15)26)4-6-28-8-10-30-11-9-29-7-5-23-18(25)13-16(20(23)27)32-14-21-2/h15-16,21H,3-14H2,1-2H3. The van der Waals surface area contributed by atoms with Gasteiger partial charge in [-0.2, -0.15) is 0 Å². The summed E-state index contributed by atoms with van der Waals surface area (Å²) in [4.78, 5) is 50.7. The van der Waals surface area contributed by atoms with Crippen molar-refractivity contribution in [3.05, 3.63) is 0 Å². The summed E-state index contributed by atoms with van der Waals surface area (Å²) in [5.74, 6) is 0.871. The monoisotopic (exact) mass is 491 g/mol. The second kappa shape index (κ2) is 14.9. The smallest absolute Gasteiger partial charge is 0.242 e. The Hall–Kier alpha value is -1.18. The summed E-state index contributed by atoms with van der Waals surface area (Å²) in [5, 5.41) is 2.40. The van der Waals surface area contributed by atoms with Gasteiger partial charge in [0.1, 0.15) is 0 Å². The molecular formula is C20H33N3O7S2. The van der Waals surface area contributed by atoms with Crippen LogP contribution in [0.3, 0.4) is 0 Å². The van der Waals surface area contributed by atoms with Crippen molar-refractivity contribution in [3.8, 4) is 0 Å². The zero-order valence-corrected chi connectivity index (χ0v) is 20.3. The van der Waals surface area contributed by atoms with E-state index in [0.717, 1.165) is 5.75 Å². The summed E-state index contributed by atoms with van der Waals surface area (Å²) in [5.41, 5.74) is 0. The maximum absolute atomic E-state index is 12.2. The molecule has 4 amide bonds. The van der Waals surface area contributed by atoms with Crippen LogP contribution in [0.4, 0.5) is 0 Å². The molecule has 2 atom stereocenters. The maximum Gasteiger partial charge on any atom is 0.242 e. The van der Waals surface area contributed by atoms with Crippen LogP contribution in [-0.2, 0) is 33.4 Å². The molecule has 2 unspecified atom stereocenters. The van der Waals surface area contributed by atoms with Crippen molar-refractivity contribution in [2.45, 2.75) is 30.3 Å². The fourth-order valence-corrected chi connectivity index (χ4v) is 5.11. The summed E-state index contributed by atoms with van der Waals surface area (Å²) in [6, 6.07) is 0. The number of carbonyl (C=O) groups excluding carboxylic acids is 4. The molecule has 0 spiro atoms. The topological polar surface area (TPSA) is 114 Å². The lowest BCUT2D eigenvalue weighted by atomic mass is 10.4. The van der Waals surface area contributed by atoms with Crippen LogP contribution in [0.25, 0.3) is 0 Å². The highest BCUT2D eigenvalue weighted by molar-refractivity contribution is 8.00. The van der Waals surface area contributed by atoms with Gasteiger partial charge in [0.15, 0.2) is 0 Å². The Morgan fingerprint density at radius 3 is 1.66 bits per heavy atom. The highest BCUT2D eigenvalue weighted by Gasteiger charge is 2.39. The number of hydrogen-bond acceptors (Lipinski definition) is 10. The molecular weight excluding hydrogens is 458 g/mol. The number of nitrogens with one attached hydrogen (secondary N) is 1. The predicted molar refractivity (Wildman–Crippen MR) is 122 cm³/mol. The van der Waals surface area contributed by atoms with Gasteiger partial charge in [-0.25, -0.2) is 0 Å². The first-order chi connectivity index (χ1) is 15.5. The number of amides is 4. The van der Waals surface area contributed by atoms with Crippen LogP contribution in [0.2, 0.25) is 0 Å². The van der Waals surface area contributed by atoms with Crippen LogP contribution in [0.5, 0.6) is 0 Å². The molecule has 2 aliphatic heterocycles. The van der Waals surface area contributed by atoms with E-state index < -0.39 is 0 Å². The van der Waals surface area contributed by atoms with Crippen LogP contribution in [0, 0.1) is 0 Å². The number of carbonyl (C=O) groups is 4. The minimum absolute atomic E-state index is 0.122. The molecule has 0 radical (unpaired) electrons. The summed E-state index contributed by atoms with van der Waals surface area (Å²) in [7, 11) is 1.80. The molecule has 0 aromatic carbocycles. The molecule has 182 valence electrons. The zero-order chi connectivity index (χ0) is 23.3. The van der Waals surface area contributed by atoms with E-state index in [0.29, 0.717) is 32.3 Å². The molecule has 2 rings (SSSR count). The third-order valence-corrected chi connectivity index (χ3v) is 7.19. The fraction of sp³-hybridized carbons (Fsp3) is 0.800. The Bertz CT molecular complexity index is 653. The maximum atomic E-state index is 12.2. The van der Waals surface area contributed by atoms with Gasteiger partial charge >= 0.3 is 0 Å². The van der Waals surface area contributed by atoms with Crippen LogP contribution < -0.4 is 5.32 Å². The van der Waals surface area contributed by atoms with Crippen LogP contribution in [0.15, 0.2) is 0 Å². The third-order valence-electron chi connectivity index (χ3n) is 4.86. The second-order valence-electron chi connectivity index (χ2n) is 7.11. The number of ether oxygens (including phenoxy) is 3. The van der Waals surface area contributed by atoms with E-state index in [1.165, 1.54) is 33.3 Å². The van der Waals surface area contributed by atoms with Gasteiger partial charge in [-0.05, 0) is 12.8 Å². The lowest BCUT2D eigenvalue weighted by molar-refractivity contribution is -0.140. The molecule has 12 heteroatoms. The minimum atomic E-state index is -0.309. The fourth-order valence-electron chi connectivity index (χ4n) is 3.27. The second-order valence-corrected chi connectivity index (χ2v) is 9.78. The van der Waals surface area contributed by atoms with Gasteiger partial charge in [-0.3, -0.25) is 29.0 Å². The number of nitrogens with zero attached hydrogens (tertiary/aromatic N) is 2. The van der Waals surface area contributed by atoms with Gasteiger partial charge < -0.3 is 19.5 Å². The van der Waals surface area contributed by atoms with Crippen molar-refractivity contribution < 1.29 is 33.4 Å². The molecule has 0 saturated carbocycles. The normalized spacial score (nSPS) is 21.4. The lowest BCUT2D eigenvalue weighted by Crippen LogP contribution is -2.34. The van der Waals surface area contributed by atoms with E-state index in [1.807, 2.05) is 6.92 Å². The van der Waals surface area contributed by atoms with E-state index in [1.54, 1.807) is 7.05 Å². The summed E-state index contributed by atoms with van der Waals surface area (Å²) in [6.07, 6.45) is 0.517. The summed E-state index contributed by atoms with van der Waals surface area (Å²) >= 11 is 2.93. The molecule has 1 N–H and O–H groups in total. The van der Waals surface area contributed by atoms with Crippen molar-refractivity contribution >= 4 is 47.2 Å². The van der Waals surface area contributed by atoms with Gasteiger partial charge in [-0.1, -0.05) is 6.92 Å². The molecule has 0 aliphatic carbocycles. The number of imide groups is 2. The molecule has 0 aromatic heterocycles. The Labute approximate surface area is 197 Å². The SMILES string of the molecule is CCSC1CC(=O)N(CCOCCOCCOCCN2C(=O)CC(SCNC)C2=O)C1=O. The number of likely N-dealkylation sites (tertiary alicyclic amines) is 2. The summed E-state index contributed by atoms with van der Waals surface area (Å²) < 4.78 is 16.3. The molecule has 2 fully saturated rings.